The first-order chi connectivity index (χ1) is 14.2. The lowest BCUT2D eigenvalue weighted by Gasteiger charge is -2.18. The summed E-state index contributed by atoms with van der Waals surface area (Å²) in [5, 5.41) is 9.38. The summed E-state index contributed by atoms with van der Waals surface area (Å²) in [4.78, 5) is 36.8. The molecule has 2 heterocycles. The summed E-state index contributed by atoms with van der Waals surface area (Å²) in [6, 6.07) is 1.95. The third-order valence-corrected chi connectivity index (χ3v) is 5.62. The summed E-state index contributed by atoms with van der Waals surface area (Å²) >= 11 is 0. The smallest absolute Gasteiger partial charge is 0.337 e. The molecule has 0 spiro atoms. The van der Waals surface area contributed by atoms with Crippen molar-refractivity contribution in [1.82, 2.24) is 19.5 Å². The minimum Gasteiger partial charge on any atom is -0.611 e. The lowest BCUT2D eigenvalue weighted by Crippen LogP contribution is -2.32. The lowest BCUT2D eigenvalue weighted by molar-refractivity contribution is -0.160. The highest BCUT2D eigenvalue weighted by Gasteiger charge is 2.34. The number of nitrogen functional groups attached to an aromatic ring is 1. The zero-order chi connectivity index (χ0) is 22.3. The van der Waals surface area contributed by atoms with Crippen LogP contribution in [-0.4, -0.2) is 56.0 Å². The molecule has 0 aliphatic heterocycles. The topological polar surface area (TPSA) is 164 Å². The molecule has 3 unspecified atom stereocenters. The Hall–Kier alpha value is -2.67. The van der Waals surface area contributed by atoms with Gasteiger partial charge in [-0.1, -0.05) is 11.7 Å². The maximum atomic E-state index is 12.5. The summed E-state index contributed by atoms with van der Waals surface area (Å²) < 4.78 is 16.6. The predicted octanol–water partition coefficient (Wildman–Crippen LogP) is 1.38. The Bertz CT molecular complexity index is 954. The SMILES string of the molecule is CCCOC(=O)C(C)(C)/N=[P+](\[O-])C(C#N)COC(C)Cn1cnc2c(N)ncnc21. The van der Waals surface area contributed by atoms with Crippen LogP contribution in [0.15, 0.2) is 17.4 Å². The molecular formula is C18H26N7O4P. The minimum atomic E-state index is -2.36. The number of carbonyl (C=O) groups is 1. The first kappa shape index (κ1) is 23.6. The van der Waals surface area contributed by atoms with Gasteiger partial charge in [-0.15, -0.1) is 0 Å². The summed E-state index contributed by atoms with van der Waals surface area (Å²) in [5.41, 5.74) is 4.55. The maximum absolute atomic E-state index is 12.5. The van der Waals surface area contributed by atoms with Crippen LogP contribution in [0.5, 0.6) is 0 Å². The molecule has 2 N–H and O–H groups in total. The third kappa shape index (κ3) is 5.92. The third-order valence-electron chi connectivity index (χ3n) is 4.12. The molecule has 0 saturated heterocycles. The lowest BCUT2D eigenvalue weighted by atomic mass is 10.1. The normalized spacial score (nSPS) is 14.3. The van der Waals surface area contributed by atoms with Crippen LogP contribution in [0.2, 0.25) is 0 Å². The minimum absolute atomic E-state index is 0.0970. The highest BCUT2D eigenvalue weighted by Crippen LogP contribution is 2.29. The molecule has 0 aromatic carbocycles. The molecule has 12 heteroatoms. The number of imidazole rings is 1. The number of nitrogens with two attached hydrogens (primary N) is 1. The van der Waals surface area contributed by atoms with Gasteiger partial charge in [0.2, 0.25) is 5.66 Å². The molecule has 0 aliphatic rings. The fraction of sp³-hybridized carbons (Fsp3) is 0.611. The van der Waals surface area contributed by atoms with Crippen LogP contribution in [0.3, 0.4) is 0 Å². The number of ether oxygens (including phenoxy) is 2. The number of esters is 1. The zero-order valence-corrected chi connectivity index (χ0v) is 18.4. The van der Waals surface area contributed by atoms with Crippen molar-refractivity contribution in [1.29, 1.82) is 5.26 Å². The van der Waals surface area contributed by atoms with Crippen molar-refractivity contribution in [3.05, 3.63) is 12.7 Å². The average molecular weight is 435 g/mol. The van der Waals surface area contributed by atoms with E-state index < -0.39 is 25.1 Å². The Morgan fingerprint density at radius 1 is 1.47 bits per heavy atom. The van der Waals surface area contributed by atoms with Crippen LogP contribution in [0.25, 0.3) is 11.2 Å². The number of nitrogens with zero attached hydrogens (tertiary/aromatic N) is 6. The second-order valence-corrected chi connectivity index (χ2v) is 8.64. The summed E-state index contributed by atoms with van der Waals surface area (Å²) in [6.45, 7) is 7.25. The first-order valence-electron chi connectivity index (χ1n) is 9.48. The van der Waals surface area contributed by atoms with Crippen molar-refractivity contribution >= 4 is 30.9 Å². The van der Waals surface area contributed by atoms with Gasteiger partial charge in [-0.2, -0.15) is 5.26 Å². The molecule has 0 bridgehead atoms. The largest absolute Gasteiger partial charge is 0.611 e. The van der Waals surface area contributed by atoms with Crippen LogP contribution < -0.4 is 10.6 Å². The Balaban J connectivity index is 1.99. The molecule has 2 aromatic rings. The van der Waals surface area contributed by atoms with Gasteiger partial charge in [0.25, 0.3) is 0 Å². The van der Waals surface area contributed by atoms with Crippen LogP contribution >= 0.6 is 7.94 Å². The van der Waals surface area contributed by atoms with Gasteiger partial charge in [-0.05, 0) is 27.2 Å². The van der Waals surface area contributed by atoms with E-state index in [1.54, 1.807) is 17.8 Å². The number of fused-ring (bicyclic) bond motifs is 1. The van der Waals surface area contributed by atoms with E-state index in [-0.39, 0.29) is 25.1 Å². The molecule has 30 heavy (non-hydrogen) atoms. The van der Waals surface area contributed by atoms with Gasteiger partial charge in [0.05, 0.1) is 25.6 Å². The number of aromatic nitrogens is 4. The van der Waals surface area contributed by atoms with E-state index in [4.69, 9.17) is 15.2 Å². The summed E-state index contributed by atoms with van der Waals surface area (Å²) in [7, 11) is -2.36. The van der Waals surface area contributed by atoms with Gasteiger partial charge in [-0.3, -0.25) is 0 Å². The highest BCUT2D eigenvalue weighted by atomic mass is 31.1. The summed E-state index contributed by atoms with van der Waals surface area (Å²) in [5.74, 6) is -0.289. The van der Waals surface area contributed by atoms with Crippen LogP contribution in [0, 0.1) is 11.3 Å². The Labute approximate surface area is 175 Å². The van der Waals surface area contributed by atoms with E-state index in [2.05, 4.69) is 19.7 Å². The van der Waals surface area contributed by atoms with E-state index in [0.29, 0.717) is 24.1 Å². The molecule has 0 fully saturated rings. The van der Waals surface area contributed by atoms with Gasteiger partial charge < -0.3 is 24.7 Å². The number of hydrogen-bond acceptors (Lipinski definition) is 10. The number of rotatable bonds is 10. The number of nitriles is 1. The average Bonchev–Trinajstić information content (AvgIpc) is 3.10. The van der Waals surface area contributed by atoms with E-state index in [1.807, 2.05) is 13.0 Å². The van der Waals surface area contributed by atoms with Crippen molar-refractivity contribution in [2.75, 3.05) is 18.9 Å². The van der Waals surface area contributed by atoms with Crippen molar-refractivity contribution in [3.63, 3.8) is 0 Å². The standard InChI is InChI=1S/C18H26N7O4P/c1-5-6-28-17(26)18(3,4)24-30(27)13(7-19)9-29-12(2)8-25-11-23-14-15(20)21-10-22-16(14)25/h10-13H,5-6,8-9H2,1-4H3,(H2,20,21,22). The summed E-state index contributed by atoms with van der Waals surface area (Å²) in [6.07, 6.45) is 3.27. The van der Waals surface area contributed by atoms with E-state index in [0.717, 1.165) is 0 Å². The van der Waals surface area contributed by atoms with Gasteiger partial charge in [0.15, 0.2) is 24.9 Å². The number of hydrogen-bond donors (Lipinski definition) is 1. The molecule has 0 radical (unpaired) electrons. The molecule has 162 valence electrons. The molecule has 2 rings (SSSR count). The molecule has 3 atom stereocenters. The highest BCUT2D eigenvalue weighted by molar-refractivity contribution is 7.40. The Kier molecular flexibility index (Phi) is 8.17. The van der Waals surface area contributed by atoms with Crippen molar-refractivity contribution in [2.45, 2.75) is 58.0 Å². The molecule has 0 saturated carbocycles. The second kappa shape index (κ2) is 10.4. The Morgan fingerprint density at radius 2 is 2.20 bits per heavy atom. The fourth-order valence-electron chi connectivity index (χ4n) is 2.50. The monoisotopic (exact) mass is 435 g/mol. The van der Waals surface area contributed by atoms with Gasteiger partial charge in [0, 0.05) is 0 Å². The van der Waals surface area contributed by atoms with E-state index in [9.17, 15) is 14.9 Å². The first-order valence-corrected chi connectivity index (χ1v) is 10.8. The zero-order valence-electron chi connectivity index (χ0n) is 17.5. The van der Waals surface area contributed by atoms with Crippen LogP contribution in [0.1, 0.15) is 34.1 Å². The van der Waals surface area contributed by atoms with Gasteiger partial charge >= 0.3 is 5.97 Å². The predicted molar refractivity (Wildman–Crippen MR) is 109 cm³/mol. The number of anilines is 1. The van der Waals surface area contributed by atoms with Crippen LogP contribution in [-0.2, 0) is 20.8 Å². The number of carbonyl (C=O) groups excluding carboxylic acids is 1. The molecule has 0 aliphatic carbocycles. The quantitative estimate of drug-likeness (QED) is 0.428. The van der Waals surface area contributed by atoms with E-state index >= 15 is 0 Å². The van der Waals surface area contributed by atoms with Crippen molar-refractivity contribution in [2.24, 2.45) is 4.74 Å². The molecule has 0 amide bonds. The van der Waals surface area contributed by atoms with E-state index in [1.165, 1.54) is 20.2 Å². The molecule has 2 aromatic heterocycles. The second-order valence-electron chi connectivity index (χ2n) is 7.21. The fourth-order valence-corrected chi connectivity index (χ4v) is 3.52. The van der Waals surface area contributed by atoms with Crippen molar-refractivity contribution in [3.8, 4) is 6.07 Å². The van der Waals surface area contributed by atoms with Gasteiger partial charge in [-0.25, -0.2) is 19.7 Å². The van der Waals surface area contributed by atoms with Crippen molar-refractivity contribution < 1.29 is 19.2 Å². The maximum Gasteiger partial charge on any atom is 0.337 e. The molecular weight excluding hydrogens is 409 g/mol. The molecule has 11 nitrogen and oxygen atoms in total. The van der Waals surface area contributed by atoms with Gasteiger partial charge in [0.1, 0.15) is 24.5 Å². The van der Waals surface area contributed by atoms with Crippen LogP contribution in [0.4, 0.5) is 5.82 Å². The Morgan fingerprint density at radius 3 is 2.87 bits per heavy atom.